The molecule has 2 fully saturated rings. The number of rotatable bonds is 4. The van der Waals surface area contributed by atoms with Gasteiger partial charge in [0.2, 0.25) is 0 Å². The molecule has 1 aromatic rings. The van der Waals surface area contributed by atoms with Crippen LogP contribution in [0.4, 0.5) is 0 Å². The molecule has 1 saturated heterocycles. The molecule has 2 unspecified atom stereocenters. The minimum absolute atomic E-state index is 0.253. The fourth-order valence-corrected chi connectivity index (χ4v) is 3.60. The van der Waals surface area contributed by atoms with Gasteiger partial charge in [0.1, 0.15) is 0 Å². The number of nitrogens with zero attached hydrogens (tertiary/aromatic N) is 2. The van der Waals surface area contributed by atoms with Crippen LogP contribution in [0.3, 0.4) is 0 Å². The standard InChI is InChI=1S/C16H27N3O/c20-16(15-8-4-5-10-17-15)12-13-9-11-19(18-13)14-6-2-1-3-7-14/h9,11,14-17,20H,1-8,10,12H2. The summed E-state index contributed by atoms with van der Waals surface area (Å²) in [5, 5.41) is 18.5. The summed E-state index contributed by atoms with van der Waals surface area (Å²) in [5.74, 6) is 0. The van der Waals surface area contributed by atoms with Crippen molar-refractivity contribution in [1.82, 2.24) is 15.1 Å². The second kappa shape index (κ2) is 6.72. The Morgan fingerprint density at radius 1 is 1.20 bits per heavy atom. The van der Waals surface area contributed by atoms with Gasteiger partial charge in [-0.25, -0.2) is 0 Å². The van der Waals surface area contributed by atoms with Gasteiger partial charge in [0.15, 0.2) is 0 Å². The third-order valence-electron chi connectivity index (χ3n) is 4.84. The molecular weight excluding hydrogens is 250 g/mol. The van der Waals surface area contributed by atoms with Crippen molar-refractivity contribution in [1.29, 1.82) is 0 Å². The van der Waals surface area contributed by atoms with Crippen molar-refractivity contribution in [2.24, 2.45) is 0 Å². The molecule has 4 nitrogen and oxygen atoms in total. The maximum Gasteiger partial charge on any atom is 0.0749 e. The lowest BCUT2D eigenvalue weighted by Crippen LogP contribution is -2.44. The van der Waals surface area contributed by atoms with E-state index in [0.717, 1.165) is 18.7 Å². The number of aromatic nitrogens is 2. The number of nitrogens with one attached hydrogen (secondary N) is 1. The smallest absolute Gasteiger partial charge is 0.0749 e. The van der Waals surface area contributed by atoms with Crippen LogP contribution in [0.1, 0.15) is 63.1 Å². The van der Waals surface area contributed by atoms with Crippen LogP contribution in [0.15, 0.2) is 12.3 Å². The number of aliphatic hydroxyl groups excluding tert-OH is 1. The summed E-state index contributed by atoms with van der Waals surface area (Å²) in [6.45, 7) is 1.04. The maximum atomic E-state index is 10.3. The van der Waals surface area contributed by atoms with E-state index in [0.29, 0.717) is 12.5 Å². The Labute approximate surface area is 121 Å². The fourth-order valence-electron chi connectivity index (χ4n) is 3.60. The van der Waals surface area contributed by atoms with Gasteiger partial charge in [-0.05, 0) is 38.3 Å². The zero-order valence-corrected chi connectivity index (χ0v) is 12.3. The molecule has 1 aliphatic carbocycles. The van der Waals surface area contributed by atoms with E-state index in [2.05, 4.69) is 22.3 Å². The first-order valence-electron chi connectivity index (χ1n) is 8.28. The number of aliphatic hydroxyl groups is 1. The van der Waals surface area contributed by atoms with Crippen molar-refractivity contribution in [2.75, 3.05) is 6.54 Å². The zero-order chi connectivity index (χ0) is 13.8. The van der Waals surface area contributed by atoms with E-state index < -0.39 is 0 Å². The van der Waals surface area contributed by atoms with Gasteiger partial charge < -0.3 is 10.4 Å². The van der Waals surface area contributed by atoms with Gasteiger partial charge in [-0.2, -0.15) is 5.10 Å². The Morgan fingerprint density at radius 3 is 2.75 bits per heavy atom. The van der Waals surface area contributed by atoms with Gasteiger partial charge in [-0.15, -0.1) is 0 Å². The lowest BCUT2D eigenvalue weighted by Gasteiger charge is -2.27. The van der Waals surface area contributed by atoms with Crippen LogP contribution in [-0.4, -0.2) is 33.6 Å². The minimum Gasteiger partial charge on any atom is -0.391 e. The summed E-state index contributed by atoms with van der Waals surface area (Å²) in [5.41, 5.74) is 1.04. The Hall–Kier alpha value is -0.870. The van der Waals surface area contributed by atoms with Crippen LogP contribution < -0.4 is 5.32 Å². The van der Waals surface area contributed by atoms with E-state index in [1.165, 1.54) is 44.9 Å². The lowest BCUT2D eigenvalue weighted by atomic mass is 9.96. The molecule has 1 aromatic heterocycles. The normalized spacial score (nSPS) is 26.6. The molecule has 0 aromatic carbocycles. The van der Waals surface area contributed by atoms with E-state index in [1.807, 2.05) is 0 Å². The Morgan fingerprint density at radius 2 is 2.00 bits per heavy atom. The van der Waals surface area contributed by atoms with Crippen molar-refractivity contribution in [3.63, 3.8) is 0 Å². The molecule has 1 saturated carbocycles. The van der Waals surface area contributed by atoms with Crippen molar-refractivity contribution < 1.29 is 5.11 Å². The first-order chi connectivity index (χ1) is 9.83. The second-order valence-corrected chi connectivity index (χ2v) is 6.41. The monoisotopic (exact) mass is 277 g/mol. The molecule has 2 atom stereocenters. The molecule has 0 bridgehead atoms. The van der Waals surface area contributed by atoms with Crippen molar-refractivity contribution in [3.8, 4) is 0 Å². The van der Waals surface area contributed by atoms with E-state index >= 15 is 0 Å². The first kappa shape index (κ1) is 14.1. The lowest BCUT2D eigenvalue weighted by molar-refractivity contribution is 0.112. The van der Waals surface area contributed by atoms with Crippen LogP contribution in [0.5, 0.6) is 0 Å². The molecular formula is C16H27N3O. The van der Waals surface area contributed by atoms with Crippen LogP contribution >= 0.6 is 0 Å². The van der Waals surface area contributed by atoms with Crippen LogP contribution in [-0.2, 0) is 6.42 Å². The van der Waals surface area contributed by atoms with Crippen LogP contribution in [0.2, 0.25) is 0 Å². The average Bonchev–Trinajstić information content (AvgIpc) is 2.97. The highest BCUT2D eigenvalue weighted by atomic mass is 16.3. The average molecular weight is 277 g/mol. The van der Waals surface area contributed by atoms with Crippen molar-refractivity contribution in [3.05, 3.63) is 18.0 Å². The predicted molar refractivity (Wildman–Crippen MR) is 79.7 cm³/mol. The van der Waals surface area contributed by atoms with Gasteiger partial charge >= 0.3 is 0 Å². The van der Waals surface area contributed by atoms with Crippen LogP contribution in [0.25, 0.3) is 0 Å². The molecule has 112 valence electrons. The molecule has 2 aliphatic rings. The van der Waals surface area contributed by atoms with Gasteiger partial charge in [-0.1, -0.05) is 25.7 Å². The van der Waals surface area contributed by atoms with Crippen molar-refractivity contribution in [2.45, 2.75) is 76.0 Å². The largest absolute Gasteiger partial charge is 0.391 e. The summed E-state index contributed by atoms with van der Waals surface area (Å²) in [6.07, 6.45) is 12.6. The Kier molecular flexibility index (Phi) is 4.73. The molecule has 0 radical (unpaired) electrons. The zero-order valence-electron chi connectivity index (χ0n) is 12.3. The highest BCUT2D eigenvalue weighted by Gasteiger charge is 2.23. The quantitative estimate of drug-likeness (QED) is 0.888. The SMILES string of the molecule is OC(Cc1ccn(C2CCCCC2)n1)C1CCCCN1. The number of hydrogen-bond donors (Lipinski definition) is 2. The fraction of sp³-hybridized carbons (Fsp3) is 0.812. The highest BCUT2D eigenvalue weighted by Crippen LogP contribution is 2.27. The summed E-state index contributed by atoms with van der Waals surface area (Å²) in [4.78, 5) is 0. The third-order valence-corrected chi connectivity index (χ3v) is 4.84. The van der Waals surface area contributed by atoms with Gasteiger partial charge in [0, 0.05) is 18.7 Å². The highest BCUT2D eigenvalue weighted by molar-refractivity contribution is 5.03. The third kappa shape index (κ3) is 3.41. The maximum absolute atomic E-state index is 10.3. The molecule has 3 rings (SSSR count). The van der Waals surface area contributed by atoms with Gasteiger partial charge in [0.05, 0.1) is 17.8 Å². The Bertz CT molecular complexity index is 406. The number of hydrogen-bond acceptors (Lipinski definition) is 3. The van der Waals surface area contributed by atoms with E-state index in [4.69, 9.17) is 5.10 Å². The molecule has 20 heavy (non-hydrogen) atoms. The summed E-state index contributed by atoms with van der Waals surface area (Å²) in [7, 11) is 0. The van der Waals surface area contributed by atoms with Gasteiger partial charge in [-0.3, -0.25) is 4.68 Å². The van der Waals surface area contributed by atoms with Gasteiger partial charge in [0.25, 0.3) is 0 Å². The summed E-state index contributed by atoms with van der Waals surface area (Å²) < 4.78 is 2.13. The molecule has 2 N–H and O–H groups in total. The molecule has 2 heterocycles. The molecule has 0 amide bonds. The second-order valence-electron chi connectivity index (χ2n) is 6.41. The molecule has 1 aliphatic heterocycles. The minimum atomic E-state index is -0.301. The molecule has 4 heteroatoms. The van der Waals surface area contributed by atoms with E-state index in [9.17, 15) is 5.11 Å². The summed E-state index contributed by atoms with van der Waals surface area (Å²) >= 11 is 0. The topological polar surface area (TPSA) is 50.1 Å². The molecule has 0 spiro atoms. The first-order valence-corrected chi connectivity index (χ1v) is 8.28. The van der Waals surface area contributed by atoms with E-state index in [-0.39, 0.29) is 12.1 Å². The predicted octanol–water partition coefficient (Wildman–Crippen LogP) is 2.43. The van der Waals surface area contributed by atoms with Crippen LogP contribution in [0, 0.1) is 0 Å². The van der Waals surface area contributed by atoms with Crippen molar-refractivity contribution >= 4 is 0 Å². The van der Waals surface area contributed by atoms with E-state index in [1.54, 1.807) is 0 Å². The Balaban J connectivity index is 1.56. The summed E-state index contributed by atoms with van der Waals surface area (Å²) in [6, 6.07) is 2.92. The number of piperidine rings is 1.